The molecule has 1 aliphatic heterocycles. The van der Waals surface area contributed by atoms with Crippen LogP contribution in [0.4, 0.5) is 5.69 Å². The lowest BCUT2D eigenvalue weighted by molar-refractivity contribution is 0.0948. The molecule has 126 valence electrons. The van der Waals surface area contributed by atoms with Gasteiger partial charge in [0.25, 0.3) is 5.91 Å². The fraction of sp³-hybridized carbons (Fsp3) is 0.350. The fourth-order valence-electron chi connectivity index (χ4n) is 3.09. The maximum Gasteiger partial charge on any atom is 0.252 e. The lowest BCUT2D eigenvalue weighted by atomic mass is 10.1. The zero-order valence-electron chi connectivity index (χ0n) is 14.1. The third kappa shape index (κ3) is 4.12. The van der Waals surface area contributed by atoms with Crippen LogP contribution >= 0.6 is 11.8 Å². The molecule has 1 amide bonds. The van der Waals surface area contributed by atoms with E-state index in [1.54, 1.807) is 11.8 Å². The van der Waals surface area contributed by atoms with Crippen molar-refractivity contribution in [3.8, 4) is 0 Å². The van der Waals surface area contributed by atoms with Crippen molar-refractivity contribution < 1.29 is 4.79 Å². The van der Waals surface area contributed by atoms with E-state index in [-0.39, 0.29) is 5.91 Å². The van der Waals surface area contributed by atoms with Gasteiger partial charge in [-0.3, -0.25) is 4.79 Å². The van der Waals surface area contributed by atoms with Gasteiger partial charge >= 0.3 is 0 Å². The maximum atomic E-state index is 12.4. The largest absolute Gasteiger partial charge is 0.372 e. The molecule has 4 heteroatoms. The topological polar surface area (TPSA) is 32.3 Å². The first-order valence-corrected chi connectivity index (χ1v) is 9.75. The number of thioether (sulfide) groups is 1. The number of carbonyl (C=O) groups is 1. The van der Waals surface area contributed by atoms with Crippen LogP contribution in [0.3, 0.4) is 0 Å². The van der Waals surface area contributed by atoms with Gasteiger partial charge in [-0.05, 0) is 55.3 Å². The molecule has 2 aromatic carbocycles. The molecule has 1 saturated heterocycles. The number of piperidine rings is 1. The Balaban J connectivity index is 1.59. The molecule has 0 aliphatic carbocycles. The van der Waals surface area contributed by atoms with Crippen LogP contribution in [-0.2, 0) is 6.54 Å². The minimum atomic E-state index is -0.0138. The van der Waals surface area contributed by atoms with Gasteiger partial charge in [-0.25, -0.2) is 0 Å². The molecule has 1 N–H and O–H groups in total. The molecule has 0 bridgehead atoms. The van der Waals surface area contributed by atoms with Crippen molar-refractivity contribution in [2.75, 3.05) is 24.2 Å². The predicted octanol–water partition coefficient (Wildman–Crippen LogP) is 4.33. The lowest BCUT2D eigenvalue weighted by Gasteiger charge is -2.28. The van der Waals surface area contributed by atoms with E-state index in [0.29, 0.717) is 6.54 Å². The number of rotatable bonds is 5. The van der Waals surface area contributed by atoms with Gasteiger partial charge in [-0.2, -0.15) is 0 Å². The van der Waals surface area contributed by atoms with E-state index >= 15 is 0 Å². The second-order valence-electron chi connectivity index (χ2n) is 6.10. The van der Waals surface area contributed by atoms with Crippen LogP contribution in [0.15, 0.2) is 53.4 Å². The highest BCUT2D eigenvalue weighted by molar-refractivity contribution is 7.98. The predicted molar refractivity (Wildman–Crippen MR) is 102 cm³/mol. The van der Waals surface area contributed by atoms with Crippen molar-refractivity contribution in [3.63, 3.8) is 0 Å². The van der Waals surface area contributed by atoms with Crippen LogP contribution in [-0.4, -0.2) is 25.3 Å². The summed E-state index contributed by atoms with van der Waals surface area (Å²) in [5, 5.41) is 3.02. The Morgan fingerprint density at radius 1 is 1.04 bits per heavy atom. The number of anilines is 1. The second-order valence-corrected chi connectivity index (χ2v) is 6.95. The Hall–Kier alpha value is -1.94. The molecule has 0 aromatic heterocycles. The molecule has 0 saturated carbocycles. The van der Waals surface area contributed by atoms with Gasteiger partial charge in [0, 0.05) is 30.2 Å². The molecule has 24 heavy (non-hydrogen) atoms. The number of nitrogens with one attached hydrogen (secondary N) is 1. The van der Waals surface area contributed by atoms with Crippen LogP contribution < -0.4 is 10.2 Å². The summed E-state index contributed by atoms with van der Waals surface area (Å²) in [7, 11) is 0. The van der Waals surface area contributed by atoms with Gasteiger partial charge in [0.05, 0.1) is 5.56 Å². The zero-order valence-corrected chi connectivity index (χ0v) is 14.9. The van der Waals surface area contributed by atoms with Gasteiger partial charge in [0.1, 0.15) is 0 Å². The second kappa shape index (κ2) is 8.25. The normalized spacial score (nSPS) is 14.5. The van der Waals surface area contributed by atoms with Gasteiger partial charge < -0.3 is 10.2 Å². The van der Waals surface area contributed by atoms with Crippen LogP contribution in [0.1, 0.15) is 35.2 Å². The summed E-state index contributed by atoms with van der Waals surface area (Å²) in [6, 6.07) is 16.3. The summed E-state index contributed by atoms with van der Waals surface area (Å²) >= 11 is 1.60. The molecule has 0 spiro atoms. The minimum Gasteiger partial charge on any atom is -0.372 e. The van der Waals surface area contributed by atoms with Crippen LogP contribution in [0.2, 0.25) is 0 Å². The summed E-state index contributed by atoms with van der Waals surface area (Å²) in [4.78, 5) is 15.8. The zero-order chi connectivity index (χ0) is 16.8. The van der Waals surface area contributed by atoms with Crippen molar-refractivity contribution in [2.24, 2.45) is 0 Å². The number of carbonyl (C=O) groups excluding carboxylic acids is 1. The maximum absolute atomic E-state index is 12.4. The van der Waals surface area contributed by atoms with E-state index in [9.17, 15) is 4.79 Å². The van der Waals surface area contributed by atoms with E-state index in [2.05, 4.69) is 34.5 Å². The van der Waals surface area contributed by atoms with Crippen molar-refractivity contribution in [3.05, 3.63) is 59.7 Å². The highest BCUT2D eigenvalue weighted by Gasteiger charge is 2.12. The molecule has 3 rings (SSSR count). The van der Waals surface area contributed by atoms with Gasteiger partial charge in [-0.1, -0.05) is 24.3 Å². The summed E-state index contributed by atoms with van der Waals surface area (Å²) in [5.74, 6) is -0.0138. The Kier molecular flexibility index (Phi) is 5.81. The lowest BCUT2D eigenvalue weighted by Crippen LogP contribution is -2.29. The smallest absolute Gasteiger partial charge is 0.252 e. The molecular weight excluding hydrogens is 316 g/mol. The van der Waals surface area contributed by atoms with E-state index in [0.717, 1.165) is 29.1 Å². The SMILES string of the molecule is CSc1ccccc1C(=O)NCc1ccc(N2CCCCC2)cc1. The van der Waals surface area contributed by atoms with Gasteiger partial charge in [0.2, 0.25) is 0 Å². The van der Waals surface area contributed by atoms with Crippen molar-refractivity contribution in [1.82, 2.24) is 5.32 Å². The number of amides is 1. The highest BCUT2D eigenvalue weighted by atomic mass is 32.2. The van der Waals surface area contributed by atoms with Crippen LogP contribution in [0.25, 0.3) is 0 Å². The van der Waals surface area contributed by atoms with E-state index in [4.69, 9.17) is 0 Å². The third-order valence-electron chi connectivity index (χ3n) is 4.46. The van der Waals surface area contributed by atoms with E-state index in [1.165, 1.54) is 24.9 Å². The summed E-state index contributed by atoms with van der Waals surface area (Å²) in [6.07, 6.45) is 5.91. The van der Waals surface area contributed by atoms with Crippen LogP contribution in [0, 0.1) is 0 Å². The number of nitrogens with zero attached hydrogens (tertiary/aromatic N) is 1. The molecular formula is C20H24N2OS. The Labute approximate surface area is 148 Å². The molecule has 2 aromatic rings. The highest BCUT2D eigenvalue weighted by Crippen LogP contribution is 2.21. The monoisotopic (exact) mass is 340 g/mol. The van der Waals surface area contributed by atoms with Crippen LogP contribution in [0.5, 0.6) is 0 Å². The van der Waals surface area contributed by atoms with Crippen molar-refractivity contribution >= 4 is 23.4 Å². The number of hydrogen-bond acceptors (Lipinski definition) is 3. The van der Waals surface area contributed by atoms with E-state index in [1.807, 2.05) is 30.5 Å². The first-order valence-electron chi connectivity index (χ1n) is 8.53. The molecule has 0 unspecified atom stereocenters. The summed E-state index contributed by atoms with van der Waals surface area (Å²) in [5.41, 5.74) is 3.16. The molecule has 1 heterocycles. The first-order chi connectivity index (χ1) is 11.8. The Bertz CT molecular complexity index is 678. The summed E-state index contributed by atoms with van der Waals surface area (Å²) in [6.45, 7) is 2.87. The quantitative estimate of drug-likeness (QED) is 0.822. The Morgan fingerprint density at radius 3 is 2.46 bits per heavy atom. The van der Waals surface area contributed by atoms with Crippen molar-refractivity contribution in [1.29, 1.82) is 0 Å². The standard InChI is InChI=1S/C20H24N2OS/c1-24-19-8-4-3-7-18(19)20(23)21-15-16-9-11-17(12-10-16)22-13-5-2-6-14-22/h3-4,7-12H,2,5-6,13-15H2,1H3,(H,21,23). The average molecular weight is 340 g/mol. The Morgan fingerprint density at radius 2 is 1.75 bits per heavy atom. The molecule has 1 aliphatic rings. The van der Waals surface area contributed by atoms with Crippen molar-refractivity contribution in [2.45, 2.75) is 30.7 Å². The van der Waals surface area contributed by atoms with Gasteiger partial charge in [-0.15, -0.1) is 11.8 Å². The fourth-order valence-corrected chi connectivity index (χ4v) is 3.68. The molecule has 0 radical (unpaired) electrons. The number of benzene rings is 2. The average Bonchev–Trinajstić information content (AvgIpc) is 2.67. The number of hydrogen-bond donors (Lipinski definition) is 1. The minimum absolute atomic E-state index is 0.0138. The summed E-state index contributed by atoms with van der Waals surface area (Å²) < 4.78 is 0. The molecule has 3 nitrogen and oxygen atoms in total. The first kappa shape index (κ1) is 16.9. The van der Waals surface area contributed by atoms with Gasteiger partial charge in [0.15, 0.2) is 0 Å². The van der Waals surface area contributed by atoms with E-state index < -0.39 is 0 Å². The molecule has 1 fully saturated rings. The third-order valence-corrected chi connectivity index (χ3v) is 5.26. The molecule has 0 atom stereocenters.